The number of hydrogen-bond donors (Lipinski definition) is 0. The van der Waals surface area contributed by atoms with E-state index in [0.29, 0.717) is 0 Å². The van der Waals surface area contributed by atoms with E-state index < -0.39 is 29.1 Å². The summed E-state index contributed by atoms with van der Waals surface area (Å²) in [5.41, 5.74) is -2.01. The fraction of sp³-hybridized carbons (Fsp3) is 0.556. The van der Waals surface area contributed by atoms with Crippen molar-refractivity contribution in [2.75, 3.05) is 13.2 Å². The Morgan fingerprint density at radius 2 is 1.56 bits per heavy atom. The smallest absolute Gasteiger partial charge is 0.416 e. The average molecular weight is 360 g/mol. The molecule has 140 valence electrons. The molecule has 0 aliphatic rings. The lowest BCUT2D eigenvalue weighted by Gasteiger charge is -2.27. The first kappa shape index (κ1) is 21.0. The van der Waals surface area contributed by atoms with Crippen LogP contribution in [0.3, 0.4) is 0 Å². The lowest BCUT2D eigenvalue weighted by Crippen LogP contribution is -2.33. The number of alkyl halides is 3. The number of halogens is 3. The molecule has 0 aliphatic carbocycles. The molecule has 1 rings (SSSR count). The number of carbonyl (C=O) groups excluding carboxylic acids is 2. The molecule has 4 nitrogen and oxygen atoms in total. The van der Waals surface area contributed by atoms with E-state index in [-0.39, 0.29) is 37.2 Å². The Labute approximate surface area is 145 Å². The molecule has 0 bridgehead atoms. The van der Waals surface area contributed by atoms with Gasteiger partial charge < -0.3 is 9.47 Å². The van der Waals surface area contributed by atoms with Crippen LogP contribution in [0.5, 0.6) is 0 Å². The maximum Gasteiger partial charge on any atom is 0.416 e. The third-order valence-corrected chi connectivity index (χ3v) is 3.82. The van der Waals surface area contributed by atoms with Crippen molar-refractivity contribution in [2.24, 2.45) is 0 Å². The molecule has 0 spiro atoms. The van der Waals surface area contributed by atoms with Crippen LogP contribution < -0.4 is 0 Å². The van der Waals surface area contributed by atoms with Crippen LogP contribution in [0.2, 0.25) is 0 Å². The Balaban J connectivity index is 3.37. The number of hydrogen-bond acceptors (Lipinski definition) is 4. The van der Waals surface area contributed by atoms with Gasteiger partial charge in [-0.1, -0.05) is 12.1 Å². The first-order valence-electron chi connectivity index (χ1n) is 8.08. The van der Waals surface area contributed by atoms with Crippen LogP contribution in [0.4, 0.5) is 13.2 Å². The summed E-state index contributed by atoms with van der Waals surface area (Å²) >= 11 is 0. The van der Waals surface area contributed by atoms with Crippen LogP contribution >= 0.6 is 0 Å². The van der Waals surface area contributed by atoms with Crippen molar-refractivity contribution in [1.82, 2.24) is 0 Å². The van der Waals surface area contributed by atoms with Gasteiger partial charge in [-0.3, -0.25) is 9.59 Å². The van der Waals surface area contributed by atoms with Gasteiger partial charge in [-0.15, -0.1) is 0 Å². The van der Waals surface area contributed by atoms with Gasteiger partial charge in [0.2, 0.25) is 0 Å². The van der Waals surface area contributed by atoms with Gasteiger partial charge in [0, 0.05) is 6.42 Å². The van der Waals surface area contributed by atoms with Gasteiger partial charge in [0.15, 0.2) is 0 Å². The summed E-state index contributed by atoms with van der Waals surface area (Å²) in [6, 6.07) is 3.67. The SMILES string of the molecule is CCOC(=O)CCc1c(C(F)(F)F)cccc1C(C)(C)C(=O)OCC. The minimum atomic E-state index is -4.59. The van der Waals surface area contributed by atoms with Crippen LogP contribution in [-0.2, 0) is 37.1 Å². The van der Waals surface area contributed by atoms with Gasteiger partial charge in [0.1, 0.15) is 0 Å². The van der Waals surface area contributed by atoms with Gasteiger partial charge >= 0.3 is 18.1 Å². The van der Waals surface area contributed by atoms with Crippen molar-refractivity contribution in [1.29, 1.82) is 0 Å². The average Bonchev–Trinajstić information content (AvgIpc) is 2.52. The van der Waals surface area contributed by atoms with Crippen LogP contribution in [0.15, 0.2) is 18.2 Å². The molecule has 0 fully saturated rings. The molecule has 0 saturated carbocycles. The summed E-state index contributed by atoms with van der Waals surface area (Å²) < 4.78 is 50.0. The number of benzene rings is 1. The normalized spacial score (nSPS) is 12.0. The third-order valence-electron chi connectivity index (χ3n) is 3.82. The van der Waals surface area contributed by atoms with Gasteiger partial charge in [0.05, 0.1) is 24.2 Å². The first-order valence-corrected chi connectivity index (χ1v) is 8.08. The van der Waals surface area contributed by atoms with E-state index in [2.05, 4.69) is 0 Å². The van der Waals surface area contributed by atoms with Crippen LogP contribution in [0.25, 0.3) is 0 Å². The maximum atomic E-state index is 13.4. The zero-order valence-corrected chi connectivity index (χ0v) is 14.8. The Bertz CT molecular complexity index is 621. The van der Waals surface area contributed by atoms with E-state index >= 15 is 0 Å². The molecule has 0 saturated heterocycles. The van der Waals surface area contributed by atoms with E-state index in [1.807, 2.05) is 0 Å². The topological polar surface area (TPSA) is 52.6 Å². The summed E-state index contributed by atoms with van der Waals surface area (Å²) in [4.78, 5) is 23.8. The molecule has 7 heteroatoms. The minimum Gasteiger partial charge on any atom is -0.466 e. The quantitative estimate of drug-likeness (QED) is 0.689. The predicted octanol–water partition coefficient (Wildman–Crippen LogP) is 4.04. The van der Waals surface area contributed by atoms with Crippen molar-refractivity contribution < 1.29 is 32.2 Å². The van der Waals surface area contributed by atoms with Crippen molar-refractivity contribution in [3.05, 3.63) is 34.9 Å². The highest BCUT2D eigenvalue weighted by Gasteiger charge is 2.39. The standard InChI is InChI=1S/C18H23F3O4/c1-5-24-15(22)11-10-12-13(17(3,4)16(23)25-6-2)8-7-9-14(12)18(19,20)21/h7-9H,5-6,10-11H2,1-4H3. The largest absolute Gasteiger partial charge is 0.466 e. The van der Waals surface area contributed by atoms with Gasteiger partial charge in [-0.05, 0) is 51.3 Å². The second-order valence-corrected chi connectivity index (χ2v) is 5.98. The van der Waals surface area contributed by atoms with Crippen molar-refractivity contribution in [3.8, 4) is 0 Å². The molecular weight excluding hydrogens is 337 g/mol. The van der Waals surface area contributed by atoms with Crippen molar-refractivity contribution in [3.63, 3.8) is 0 Å². The fourth-order valence-electron chi connectivity index (χ4n) is 2.59. The molecule has 0 N–H and O–H groups in total. The number of ether oxygens (including phenoxy) is 2. The van der Waals surface area contributed by atoms with E-state index in [1.54, 1.807) is 13.8 Å². The molecule has 0 radical (unpaired) electrons. The van der Waals surface area contributed by atoms with E-state index in [0.717, 1.165) is 6.07 Å². The zero-order valence-electron chi connectivity index (χ0n) is 14.8. The first-order chi connectivity index (χ1) is 11.6. The molecule has 0 unspecified atom stereocenters. The van der Waals surface area contributed by atoms with E-state index in [1.165, 1.54) is 26.0 Å². The minimum absolute atomic E-state index is 0.0823. The third kappa shape index (κ3) is 5.21. The highest BCUT2D eigenvalue weighted by molar-refractivity contribution is 5.83. The van der Waals surface area contributed by atoms with E-state index in [4.69, 9.17) is 9.47 Å². The lowest BCUT2D eigenvalue weighted by atomic mass is 9.79. The zero-order chi connectivity index (χ0) is 19.3. The second-order valence-electron chi connectivity index (χ2n) is 5.98. The predicted molar refractivity (Wildman–Crippen MR) is 86.1 cm³/mol. The van der Waals surface area contributed by atoms with Gasteiger partial charge in [-0.2, -0.15) is 13.2 Å². The van der Waals surface area contributed by atoms with Crippen molar-refractivity contribution in [2.45, 2.75) is 52.1 Å². The molecule has 1 aromatic rings. The molecule has 25 heavy (non-hydrogen) atoms. The number of rotatable bonds is 7. The summed E-state index contributed by atoms with van der Waals surface area (Å²) in [6.45, 7) is 6.54. The fourth-order valence-corrected chi connectivity index (χ4v) is 2.59. The summed E-state index contributed by atoms with van der Waals surface area (Å²) in [5.74, 6) is -1.20. The highest BCUT2D eigenvalue weighted by atomic mass is 19.4. The van der Waals surface area contributed by atoms with Crippen molar-refractivity contribution >= 4 is 11.9 Å². The number of carbonyl (C=O) groups is 2. The van der Waals surface area contributed by atoms with Crippen LogP contribution in [0, 0.1) is 0 Å². The van der Waals surface area contributed by atoms with Gasteiger partial charge in [0.25, 0.3) is 0 Å². The molecule has 0 amide bonds. The Morgan fingerprint density at radius 3 is 2.08 bits per heavy atom. The molecule has 0 aromatic heterocycles. The summed E-state index contributed by atoms with van der Waals surface area (Å²) in [6.07, 6.45) is -4.97. The Hall–Kier alpha value is -2.05. The molecule has 0 atom stereocenters. The number of esters is 2. The lowest BCUT2D eigenvalue weighted by molar-refractivity contribution is -0.149. The Morgan fingerprint density at radius 1 is 1.00 bits per heavy atom. The highest BCUT2D eigenvalue weighted by Crippen LogP contribution is 2.38. The molecule has 0 heterocycles. The Kier molecular flexibility index (Phi) is 7.02. The second kappa shape index (κ2) is 8.36. The van der Waals surface area contributed by atoms with E-state index in [9.17, 15) is 22.8 Å². The van der Waals surface area contributed by atoms with Crippen LogP contribution in [0.1, 0.15) is 50.8 Å². The molecule has 1 aromatic carbocycles. The maximum absolute atomic E-state index is 13.4. The summed E-state index contributed by atoms with van der Waals surface area (Å²) in [7, 11) is 0. The monoisotopic (exact) mass is 360 g/mol. The molecular formula is C18H23F3O4. The van der Waals surface area contributed by atoms with Gasteiger partial charge in [-0.25, -0.2) is 0 Å². The van der Waals surface area contributed by atoms with Crippen LogP contribution in [-0.4, -0.2) is 25.2 Å². The molecule has 0 aliphatic heterocycles. The summed E-state index contributed by atoms with van der Waals surface area (Å²) in [5, 5.41) is 0.